The Morgan fingerprint density at radius 2 is 1.81 bits per heavy atom. The third kappa shape index (κ3) is 9.93. The first-order chi connectivity index (χ1) is 7.56. The van der Waals surface area contributed by atoms with Crippen LogP contribution in [0.5, 0.6) is 0 Å². The molecule has 0 aromatic heterocycles. The van der Waals surface area contributed by atoms with Gasteiger partial charge < -0.3 is 14.2 Å². The molecule has 0 spiro atoms. The van der Waals surface area contributed by atoms with Crippen LogP contribution in [-0.4, -0.2) is 38.0 Å². The number of hydrogen-bond donors (Lipinski definition) is 0. The molecule has 0 aliphatic carbocycles. The lowest BCUT2D eigenvalue weighted by atomic mass is 10.3. The zero-order valence-corrected chi connectivity index (χ0v) is 10.8. The highest BCUT2D eigenvalue weighted by molar-refractivity contribution is 5.66. The zero-order chi connectivity index (χ0) is 12.4. The molecular formula is C12H24O4. The van der Waals surface area contributed by atoms with E-state index < -0.39 is 0 Å². The van der Waals surface area contributed by atoms with E-state index in [4.69, 9.17) is 14.2 Å². The summed E-state index contributed by atoms with van der Waals surface area (Å²) in [7, 11) is 0. The Morgan fingerprint density at radius 3 is 2.38 bits per heavy atom. The van der Waals surface area contributed by atoms with Crippen molar-refractivity contribution in [2.24, 2.45) is 0 Å². The van der Waals surface area contributed by atoms with E-state index >= 15 is 0 Å². The molecule has 0 heterocycles. The molecule has 0 saturated carbocycles. The molecule has 4 nitrogen and oxygen atoms in total. The van der Waals surface area contributed by atoms with E-state index in [0.717, 1.165) is 19.4 Å². The predicted octanol–water partition coefficient (Wildman–Crippen LogP) is 2.16. The Kier molecular flexibility index (Phi) is 9.24. The van der Waals surface area contributed by atoms with Gasteiger partial charge in [0.1, 0.15) is 6.10 Å². The first-order valence-corrected chi connectivity index (χ1v) is 5.92. The Morgan fingerprint density at radius 1 is 1.19 bits per heavy atom. The second-order valence-corrected chi connectivity index (χ2v) is 3.99. The molecule has 0 rings (SSSR count). The molecule has 0 aliphatic heterocycles. The van der Waals surface area contributed by atoms with E-state index in [-0.39, 0.29) is 18.2 Å². The molecular weight excluding hydrogens is 208 g/mol. The van der Waals surface area contributed by atoms with Crippen LogP contribution >= 0.6 is 0 Å². The van der Waals surface area contributed by atoms with Gasteiger partial charge in [-0.3, -0.25) is 4.79 Å². The highest BCUT2D eigenvalue weighted by Gasteiger charge is 2.07. The summed E-state index contributed by atoms with van der Waals surface area (Å²) in [6, 6.07) is 0. The van der Waals surface area contributed by atoms with Crippen LogP contribution in [0.4, 0.5) is 0 Å². The van der Waals surface area contributed by atoms with Crippen molar-refractivity contribution >= 4 is 5.97 Å². The van der Waals surface area contributed by atoms with Crippen LogP contribution in [0.3, 0.4) is 0 Å². The van der Waals surface area contributed by atoms with Gasteiger partial charge in [0.2, 0.25) is 0 Å². The van der Waals surface area contributed by atoms with Gasteiger partial charge in [0, 0.05) is 13.5 Å². The van der Waals surface area contributed by atoms with Gasteiger partial charge in [-0.1, -0.05) is 13.3 Å². The van der Waals surface area contributed by atoms with Gasteiger partial charge in [-0.05, 0) is 20.3 Å². The fraction of sp³-hybridized carbons (Fsp3) is 0.917. The minimum absolute atomic E-state index is 0.0936. The van der Waals surface area contributed by atoms with Crippen molar-refractivity contribution in [3.63, 3.8) is 0 Å². The monoisotopic (exact) mass is 232 g/mol. The van der Waals surface area contributed by atoms with Crippen molar-refractivity contribution in [3.8, 4) is 0 Å². The molecule has 0 fully saturated rings. The van der Waals surface area contributed by atoms with Crippen LogP contribution in [0.1, 0.15) is 40.5 Å². The quantitative estimate of drug-likeness (QED) is 0.451. The van der Waals surface area contributed by atoms with Crippen molar-refractivity contribution in [2.45, 2.75) is 52.7 Å². The zero-order valence-electron chi connectivity index (χ0n) is 10.8. The van der Waals surface area contributed by atoms with E-state index in [1.54, 1.807) is 0 Å². The van der Waals surface area contributed by atoms with Gasteiger partial charge >= 0.3 is 5.97 Å². The van der Waals surface area contributed by atoms with Gasteiger partial charge in [-0.2, -0.15) is 0 Å². The Balaban J connectivity index is 3.38. The second kappa shape index (κ2) is 9.60. The molecule has 96 valence electrons. The number of carbonyl (C=O) groups is 1. The van der Waals surface area contributed by atoms with Crippen LogP contribution in [-0.2, 0) is 19.0 Å². The Labute approximate surface area is 98.3 Å². The van der Waals surface area contributed by atoms with Crippen molar-refractivity contribution in [1.82, 2.24) is 0 Å². The van der Waals surface area contributed by atoms with Crippen LogP contribution < -0.4 is 0 Å². The normalized spacial score (nSPS) is 14.5. The van der Waals surface area contributed by atoms with Crippen LogP contribution in [0.2, 0.25) is 0 Å². The largest absolute Gasteiger partial charge is 0.460 e. The fourth-order valence-corrected chi connectivity index (χ4v) is 1.19. The maximum atomic E-state index is 10.6. The summed E-state index contributed by atoms with van der Waals surface area (Å²) in [5.41, 5.74) is 0. The van der Waals surface area contributed by atoms with Gasteiger partial charge in [0.05, 0.1) is 19.3 Å². The summed E-state index contributed by atoms with van der Waals surface area (Å²) in [6.07, 6.45) is 2.11. The molecule has 0 aliphatic rings. The number of hydrogen-bond acceptors (Lipinski definition) is 4. The predicted molar refractivity (Wildman–Crippen MR) is 62.4 cm³/mol. The van der Waals surface area contributed by atoms with Crippen molar-refractivity contribution < 1.29 is 19.0 Å². The molecule has 0 amide bonds. The molecule has 2 unspecified atom stereocenters. The molecule has 0 saturated heterocycles. The minimum Gasteiger partial charge on any atom is -0.460 e. The van der Waals surface area contributed by atoms with E-state index in [0.29, 0.717) is 13.2 Å². The highest BCUT2D eigenvalue weighted by Crippen LogP contribution is 1.98. The highest BCUT2D eigenvalue weighted by atomic mass is 16.6. The summed E-state index contributed by atoms with van der Waals surface area (Å²) < 4.78 is 15.8. The topological polar surface area (TPSA) is 44.8 Å². The van der Waals surface area contributed by atoms with Crippen molar-refractivity contribution in [1.29, 1.82) is 0 Å². The maximum absolute atomic E-state index is 10.6. The van der Waals surface area contributed by atoms with Gasteiger partial charge in [-0.25, -0.2) is 0 Å². The molecule has 0 bridgehead atoms. The third-order valence-corrected chi connectivity index (χ3v) is 1.97. The molecule has 0 N–H and O–H groups in total. The minimum atomic E-state index is -0.275. The molecule has 2 atom stereocenters. The van der Waals surface area contributed by atoms with Crippen molar-refractivity contribution in [2.75, 3.05) is 19.8 Å². The van der Waals surface area contributed by atoms with Crippen LogP contribution in [0, 0.1) is 0 Å². The lowest BCUT2D eigenvalue weighted by molar-refractivity contribution is -0.148. The lowest BCUT2D eigenvalue weighted by Crippen LogP contribution is -2.23. The first-order valence-electron chi connectivity index (χ1n) is 5.92. The van der Waals surface area contributed by atoms with Crippen molar-refractivity contribution in [3.05, 3.63) is 0 Å². The van der Waals surface area contributed by atoms with Gasteiger partial charge in [0.25, 0.3) is 0 Å². The van der Waals surface area contributed by atoms with Gasteiger partial charge in [0.15, 0.2) is 0 Å². The molecule has 0 radical (unpaired) electrons. The second-order valence-electron chi connectivity index (χ2n) is 3.99. The van der Waals surface area contributed by atoms with E-state index in [9.17, 15) is 4.79 Å². The Bertz CT molecular complexity index is 182. The maximum Gasteiger partial charge on any atom is 0.302 e. The lowest BCUT2D eigenvalue weighted by Gasteiger charge is -2.16. The molecule has 4 heteroatoms. The van der Waals surface area contributed by atoms with E-state index in [1.807, 2.05) is 13.8 Å². The summed E-state index contributed by atoms with van der Waals surface area (Å²) in [6.45, 7) is 9.05. The van der Waals surface area contributed by atoms with E-state index in [1.165, 1.54) is 6.92 Å². The number of rotatable bonds is 9. The summed E-state index contributed by atoms with van der Waals surface area (Å²) >= 11 is 0. The summed E-state index contributed by atoms with van der Waals surface area (Å²) in [5.74, 6) is -0.275. The van der Waals surface area contributed by atoms with Crippen LogP contribution in [0.15, 0.2) is 0 Å². The third-order valence-electron chi connectivity index (χ3n) is 1.97. The average molecular weight is 232 g/mol. The number of carbonyl (C=O) groups excluding carboxylic acids is 1. The number of ether oxygens (including phenoxy) is 3. The first kappa shape index (κ1) is 15.4. The Hall–Kier alpha value is -0.610. The number of esters is 1. The van der Waals surface area contributed by atoms with Crippen LogP contribution in [0.25, 0.3) is 0 Å². The SMILES string of the molecule is CCCCOC(C)COCC(C)OC(C)=O. The average Bonchev–Trinajstić information content (AvgIpc) is 2.17. The number of unbranched alkanes of at least 4 members (excludes halogenated alkanes) is 1. The fourth-order valence-electron chi connectivity index (χ4n) is 1.19. The smallest absolute Gasteiger partial charge is 0.302 e. The summed E-state index contributed by atoms with van der Waals surface area (Å²) in [4.78, 5) is 10.6. The summed E-state index contributed by atoms with van der Waals surface area (Å²) in [5, 5.41) is 0. The van der Waals surface area contributed by atoms with Gasteiger partial charge in [-0.15, -0.1) is 0 Å². The molecule has 0 aromatic carbocycles. The van der Waals surface area contributed by atoms with E-state index in [2.05, 4.69) is 6.92 Å². The standard InChI is InChI=1S/C12H24O4/c1-5-6-7-15-10(2)8-14-9-11(3)16-12(4)13/h10-11H,5-9H2,1-4H3. The molecule has 0 aromatic rings. The molecule has 16 heavy (non-hydrogen) atoms.